The number of hydrogen-bond acceptors (Lipinski definition) is 6. The fraction of sp³-hybridized carbons (Fsp3) is 0.417. The first-order valence-corrected chi connectivity index (χ1v) is 11.6. The zero-order valence-electron chi connectivity index (χ0n) is 17.6. The van der Waals surface area contributed by atoms with Gasteiger partial charge in [0.05, 0.1) is 23.8 Å². The molecule has 1 aliphatic carbocycles. The summed E-state index contributed by atoms with van der Waals surface area (Å²) in [5.41, 5.74) is 2.28. The van der Waals surface area contributed by atoms with Crippen LogP contribution in [0.25, 0.3) is 0 Å². The molecule has 1 amide bonds. The maximum Gasteiger partial charge on any atom is 0.311 e. The summed E-state index contributed by atoms with van der Waals surface area (Å²) < 4.78 is 16.5. The van der Waals surface area contributed by atoms with Gasteiger partial charge in [-0.25, -0.2) is 0 Å². The maximum absolute atomic E-state index is 13.7. The van der Waals surface area contributed by atoms with E-state index in [1.165, 1.54) is 7.11 Å². The van der Waals surface area contributed by atoms with Gasteiger partial charge in [0, 0.05) is 6.54 Å². The van der Waals surface area contributed by atoms with Gasteiger partial charge < -0.3 is 19.1 Å². The van der Waals surface area contributed by atoms with Crippen molar-refractivity contribution in [2.75, 3.05) is 19.7 Å². The smallest absolute Gasteiger partial charge is 0.311 e. The number of esters is 1. The second kappa shape index (κ2) is 7.79. The van der Waals surface area contributed by atoms with Crippen LogP contribution in [0, 0.1) is 5.92 Å². The van der Waals surface area contributed by atoms with Crippen molar-refractivity contribution in [3.05, 3.63) is 59.2 Å². The predicted molar refractivity (Wildman–Crippen MR) is 117 cm³/mol. The van der Waals surface area contributed by atoms with Gasteiger partial charge in [0.25, 0.3) is 0 Å². The largest absolute Gasteiger partial charge is 0.469 e. The van der Waals surface area contributed by atoms with Gasteiger partial charge in [0.2, 0.25) is 12.7 Å². The van der Waals surface area contributed by atoms with E-state index in [0.717, 1.165) is 22.4 Å². The van der Waals surface area contributed by atoms with Crippen molar-refractivity contribution >= 4 is 23.6 Å². The number of fused-ring (bicyclic) bond motifs is 3. The van der Waals surface area contributed by atoms with Gasteiger partial charge in [0.1, 0.15) is 0 Å². The average molecular weight is 440 g/mol. The molecule has 1 fully saturated rings. The highest BCUT2D eigenvalue weighted by Crippen LogP contribution is 2.57. The number of hydrogen-bond donors (Lipinski definition) is 0. The van der Waals surface area contributed by atoms with Gasteiger partial charge in [-0.1, -0.05) is 37.3 Å². The first-order chi connectivity index (χ1) is 15.1. The van der Waals surface area contributed by atoms with Crippen molar-refractivity contribution in [1.29, 1.82) is 0 Å². The summed E-state index contributed by atoms with van der Waals surface area (Å²) in [4.78, 5) is 28.6. The van der Waals surface area contributed by atoms with E-state index in [1.807, 2.05) is 47.4 Å². The molecule has 2 aliphatic heterocycles. The van der Waals surface area contributed by atoms with E-state index in [4.69, 9.17) is 14.2 Å². The molecule has 0 radical (unpaired) electrons. The fourth-order valence-electron chi connectivity index (χ4n) is 5.31. The number of ether oxygens (including phenoxy) is 3. The second-order valence-electron chi connectivity index (χ2n) is 8.12. The molecule has 2 aromatic rings. The van der Waals surface area contributed by atoms with Crippen molar-refractivity contribution in [3.8, 4) is 11.5 Å². The molecule has 0 N–H and O–H groups in total. The van der Waals surface area contributed by atoms with Gasteiger partial charge in [-0.15, -0.1) is 11.8 Å². The molecule has 5 rings (SSSR count). The highest BCUT2D eigenvalue weighted by atomic mass is 32.2. The molecule has 0 bridgehead atoms. The molecule has 1 unspecified atom stereocenters. The number of benzene rings is 2. The molecular formula is C24H25NO5S. The fourth-order valence-corrected chi connectivity index (χ4v) is 6.35. The van der Waals surface area contributed by atoms with E-state index in [-0.39, 0.29) is 23.9 Å². The minimum absolute atomic E-state index is 0.0788. The molecule has 3 atom stereocenters. The summed E-state index contributed by atoms with van der Waals surface area (Å²) >= 11 is 1.64. The Bertz CT molecular complexity index is 1030. The number of nitrogens with zero attached hydrogens (tertiary/aromatic N) is 1. The summed E-state index contributed by atoms with van der Waals surface area (Å²) in [6, 6.07) is 13.9. The molecule has 162 valence electrons. The summed E-state index contributed by atoms with van der Waals surface area (Å²) in [5.74, 6) is 1.52. The van der Waals surface area contributed by atoms with Crippen LogP contribution in [-0.2, 0) is 32.8 Å². The van der Waals surface area contributed by atoms with Gasteiger partial charge in [0.15, 0.2) is 11.5 Å². The van der Waals surface area contributed by atoms with E-state index in [2.05, 4.69) is 6.92 Å². The number of rotatable bonds is 5. The Balaban J connectivity index is 1.67. The molecule has 2 heterocycles. The molecule has 0 saturated carbocycles. The standard InChI is InChI=1S/C24H25NO5S/c1-3-31-21-12-24(25(22(21)26)13-15-7-5-4-6-8-15)17-11-20-19(29-14-30-20)10-16(17)9-18(24)23(27)28-2/h4-8,10-11,18,21H,3,9,12-14H2,1-2H3/t18-,21?,24+/m0/s1. The van der Waals surface area contributed by atoms with Crippen LogP contribution < -0.4 is 9.47 Å². The second-order valence-corrected chi connectivity index (χ2v) is 9.60. The van der Waals surface area contributed by atoms with E-state index in [1.54, 1.807) is 11.8 Å². The van der Waals surface area contributed by atoms with Crippen molar-refractivity contribution in [1.82, 2.24) is 4.90 Å². The Labute approximate surface area is 185 Å². The molecule has 7 heteroatoms. The summed E-state index contributed by atoms with van der Waals surface area (Å²) in [7, 11) is 1.42. The third-order valence-corrected chi connectivity index (χ3v) is 7.73. The van der Waals surface area contributed by atoms with Crippen LogP contribution in [0.1, 0.15) is 30.0 Å². The number of likely N-dealkylation sites (tertiary alicyclic amines) is 1. The number of carbonyl (C=O) groups is 2. The molecule has 1 spiro atoms. The topological polar surface area (TPSA) is 65.1 Å². The van der Waals surface area contributed by atoms with Crippen LogP contribution in [0.4, 0.5) is 0 Å². The van der Waals surface area contributed by atoms with Crippen molar-refractivity contribution < 1.29 is 23.8 Å². The van der Waals surface area contributed by atoms with Crippen LogP contribution >= 0.6 is 11.8 Å². The predicted octanol–water partition coefficient (Wildman–Crippen LogP) is 3.51. The third kappa shape index (κ3) is 3.09. The van der Waals surface area contributed by atoms with Gasteiger partial charge >= 0.3 is 5.97 Å². The highest BCUT2D eigenvalue weighted by Gasteiger charge is 2.62. The monoisotopic (exact) mass is 439 g/mol. The first-order valence-electron chi connectivity index (χ1n) is 10.6. The van der Waals surface area contributed by atoms with Crippen LogP contribution in [0.3, 0.4) is 0 Å². The quantitative estimate of drug-likeness (QED) is 0.665. The summed E-state index contributed by atoms with van der Waals surface area (Å²) in [6.45, 7) is 2.69. The molecule has 6 nitrogen and oxygen atoms in total. The number of thioether (sulfide) groups is 1. The Morgan fingerprint density at radius 2 is 1.97 bits per heavy atom. The van der Waals surface area contributed by atoms with Gasteiger partial charge in [-0.05, 0) is 47.4 Å². The van der Waals surface area contributed by atoms with E-state index in [0.29, 0.717) is 30.9 Å². The highest BCUT2D eigenvalue weighted by molar-refractivity contribution is 8.00. The van der Waals surface area contributed by atoms with Crippen LogP contribution in [-0.4, -0.2) is 41.7 Å². The van der Waals surface area contributed by atoms with E-state index >= 15 is 0 Å². The van der Waals surface area contributed by atoms with Crippen LogP contribution in [0.15, 0.2) is 42.5 Å². The maximum atomic E-state index is 13.7. The zero-order valence-corrected chi connectivity index (χ0v) is 18.4. The minimum Gasteiger partial charge on any atom is -0.469 e. The lowest BCUT2D eigenvalue weighted by Gasteiger charge is -2.40. The summed E-state index contributed by atoms with van der Waals surface area (Å²) in [5, 5.41) is -0.197. The van der Waals surface area contributed by atoms with Crippen LogP contribution in [0.5, 0.6) is 11.5 Å². The third-order valence-electron chi connectivity index (χ3n) is 6.62. The Morgan fingerprint density at radius 3 is 2.68 bits per heavy atom. The lowest BCUT2D eigenvalue weighted by molar-refractivity contribution is -0.152. The molecular weight excluding hydrogens is 414 g/mol. The molecule has 31 heavy (non-hydrogen) atoms. The van der Waals surface area contributed by atoms with Crippen molar-refractivity contribution in [2.45, 2.75) is 37.1 Å². The number of methoxy groups -OCH3 is 1. The van der Waals surface area contributed by atoms with Crippen molar-refractivity contribution in [2.24, 2.45) is 5.92 Å². The number of amides is 1. The van der Waals surface area contributed by atoms with Crippen molar-refractivity contribution in [3.63, 3.8) is 0 Å². The van der Waals surface area contributed by atoms with Gasteiger partial charge in [-0.3, -0.25) is 9.59 Å². The molecule has 1 saturated heterocycles. The average Bonchev–Trinajstić information content (AvgIpc) is 3.44. The SMILES string of the molecule is CCSC1C[C@]2(c3cc4c(cc3C[C@H]2C(=O)OC)OCO4)N(Cc2ccccc2)C1=O. The zero-order chi connectivity index (χ0) is 21.6. The lowest BCUT2D eigenvalue weighted by Crippen LogP contribution is -2.49. The molecule has 0 aromatic heterocycles. The normalized spacial score (nSPS) is 25.9. The van der Waals surface area contributed by atoms with E-state index < -0.39 is 11.5 Å². The first kappa shape index (κ1) is 20.2. The molecule has 2 aromatic carbocycles. The van der Waals surface area contributed by atoms with Crippen LogP contribution in [0.2, 0.25) is 0 Å². The lowest BCUT2D eigenvalue weighted by atomic mass is 9.80. The van der Waals surface area contributed by atoms with Gasteiger partial charge in [-0.2, -0.15) is 0 Å². The minimum atomic E-state index is -0.761. The number of carbonyl (C=O) groups excluding carboxylic acids is 2. The Morgan fingerprint density at radius 1 is 1.23 bits per heavy atom. The van der Waals surface area contributed by atoms with E-state index in [9.17, 15) is 9.59 Å². The Kier molecular flexibility index (Phi) is 5.08. The summed E-state index contributed by atoms with van der Waals surface area (Å²) in [6.07, 6.45) is 1.09. The Hall–Kier alpha value is -2.67. The molecule has 3 aliphatic rings.